The van der Waals surface area contributed by atoms with E-state index in [4.69, 9.17) is 0 Å². The Morgan fingerprint density at radius 2 is 2.31 bits per heavy atom. The highest BCUT2D eigenvalue weighted by molar-refractivity contribution is 7.99. The normalized spacial score (nSPS) is 15.9. The molecule has 1 saturated carbocycles. The van der Waals surface area contributed by atoms with E-state index in [1.807, 2.05) is 0 Å². The molecule has 0 saturated heterocycles. The minimum absolute atomic E-state index is 0.267. The van der Waals surface area contributed by atoms with Crippen LogP contribution in [0.4, 0.5) is 8.78 Å². The topological polar surface area (TPSA) is 55.6 Å². The maximum Gasteiger partial charge on any atom is 0.248 e. The molecule has 5 nitrogen and oxygen atoms in total. The van der Waals surface area contributed by atoms with E-state index >= 15 is 0 Å². The minimum atomic E-state index is -2.33. The number of nitrogens with one attached hydrogen (secondary N) is 1. The summed E-state index contributed by atoms with van der Waals surface area (Å²) >= 11 is 0.985. The summed E-state index contributed by atoms with van der Waals surface area (Å²) in [7, 11) is 0. The molecule has 1 fully saturated rings. The van der Waals surface area contributed by atoms with Crippen LogP contribution in [-0.4, -0.2) is 45.0 Å². The first-order valence-corrected chi connectivity index (χ1v) is 6.15. The smallest absolute Gasteiger partial charge is 0.248 e. The molecule has 0 amide bonds. The predicted octanol–water partition coefficient (Wildman–Crippen LogP) is 0.782. The molecule has 2 rings (SSSR count). The van der Waals surface area contributed by atoms with Crippen LogP contribution in [0.5, 0.6) is 0 Å². The third-order valence-corrected chi connectivity index (χ3v) is 3.14. The van der Waals surface area contributed by atoms with Crippen LogP contribution in [0.1, 0.15) is 12.8 Å². The largest absolute Gasteiger partial charge is 0.312 e. The Morgan fingerprint density at radius 1 is 1.50 bits per heavy atom. The molecule has 0 atom stereocenters. The number of nitrogens with zero attached hydrogens (tertiary/aromatic N) is 4. The van der Waals surface area contributed by atoms with Gasteiger partial charge in [0.2, 0.25) is 11.6 Å². The van der Waals surface area contributed by atoms with Gasteiger partial charge in [0.15, 0.2) is 0 Å². The van der Waals surface area contributed by atoms with E-state index in [1.54, 1.807) is 4.68 Å². The Kier molecular flexibility index (Phi) is 4.05. The van der Waals surface area contributed by atoms with Crippen LogP contribution >= 0.6 is 11.8 Å². The predicted molar refractivity (Wildman–Crippen MR) is 55.6 cm³/mol. The highest BCUT2D eigenvalue weighted by atomic mass is 32.2. The van der Waals surface area contributed by atoms with Gasteiger partial charge >= 0.3 is 0 Å². The third-order valence-electron chi connectivity index (χ3n) is 2.17. The van der Waals surface area contributed by atoms with Gasteiger partial charge in [0, 0.05) is 12.6 Å². The summed E-state index contributed by atoms with van der Waals surface area (Å²) in [4.78, 5) is 0. The number of hydrogen-bond acceptors (Lipinski definition) is 5. The van der Waals surface area contributed by atoms with E-state index in [0.29, 0.717) is 17.7 Å². The molecule has 1 aromatic rings. The van der Waals surface area contributed by atoms with Gasteiger partial charge < -0.3 is 5.32 Å². The van der Waals surface area contributed by atoms with E-state index < -0.39 is 6.43 Å². The van der Waals surface area contributed by atoms with E-state index in [-0.39, 0.29) is 5.75 Å². The van der Waals surface area contributed by atoms with Crippen molar-refractivity contribution in [2.45, 2.75) is 37.0 Å². The zero-order chi connectivity index (χ0) is 11.4. The Bertz CT molecular complexity index is 328. The second kappa shape index (κ2) is 5.53. The fourth-order valence-electron chi connectivity index (χ4n) is 1.24. The summed E-state index contributed by atoms with van der Waals surface area (Å²) in [6.07, 6.45) is 0.116. The maximum absolute atomic E-state index is 12.0. The molecule has 0 spiro atoms. The van der Waals surface area contributed by atoms with Crippen molar-refractivity contribution >= 4 is 11.8 Å². The third kappa shape index (κ3) is 3.67. The molecule has 1 heterocycles. The fraction of sp³-hybridized carbons (Fsp3) is 0.875. The number of aromatic nitrogens is 4. The minimum Gasteiger partial charge on any atom is -0.312 e. The number of rotatable bonds is 7. The molecule has 90 valence electrons. The molecule has 1 N–H and O–H groups in total. The summed E-state index contributed by atoms with van der Waals surface area (Å²) in [6, 6.07) is 0.633. The summed E-state index contributed by atoms with van der Waals surface area (Å²) in [5.41, 5.74) is 0. The number of alkyl halides is 2. The Balaban J connectivity index is 1.75. The number of hydrogen-bond donors (Lipinski definition) is 1. The average Bonchev–Trinajstić information content (AvgIpc) is 2.95. The average molecular weight is 249 g/mol. The zero-order valence-electron chi connectivity index (χ0n) is 8.64. The van der Waals surface area contributed by atoms with Crippen LogP contribution in [-0.2, 0) is 6.54 Å². The summed E-state index contributed by atoms with van der Waals surface area (Å²) in [5.74, 6) is -0.267. The Hall–Kier alpha value is -0.760. The lowest BCUT2D eigenvalue weighted by Gasteiger charge is -2.04. The summed E-state index contributed by atoms with van der Waals surface area (Å²) < 4.78 is 25.6. The van der Waals surface area contributed by atoms with Crippen molar-refractivity contribution in [2.24, 2.45) is 0 Å². The monoisotopic (exact) mass is 249 g/mol. The second-order valence-corrected chi connectivity index (χ2v) is 4.60. The highest BCUT2D eigenvalue weighted by Crippen LogP contribution is 2.19. The van der Waals surface area contributed by atoms with Crippen LogP contribution in [0.15, 0.2) is 5.16 Å². The molecular weight excluding hydrogens is 236 g/mol. The van der Waals surface area contributed by atoms with Crippen molar-refractivity contribution in [3.63, 3.8) is 0 Å². The lowest BCUT2D eigenvalue weighted by molar-refractivity contribution is 0.176. The van der Waals surface area contributed by atoms with Gasteiger partial charge in [-0.1, -0.05) is 11.8 Å². The van der Waals surface area contributed by atoms with Crippen LogP contribution in [0, 0.1) is 0 Å². The van der Waals surface area contributed by atoms with Crippen molar-refractivity contribution in [2.75, 3.05) is 12.3 Å². The molecule has 1 aliphatic carbocycles. The van der Waals surface area contributed by atoms with Gasteiger partial charge in [0.1, 0.15) is 0 Å². The van der Waals surface area contributed by atoms with Gasteiger partial charge in [0.05, 0.1) is 12.3 Å². The highest BCUT2D eigenvalue weighted by Gasteiger charge is 2.20. The molecule has 0 aliphatic heterocycles. The van der Waals surface area contributed by atoms with Crippen molar-refractivity contribution in [3.8, 4) is 0 Å². The molecule has 0 aromatic carbocycles. The Morgan fingerprint density at radius 3 is 3.00 bits per heavy atom. The van der Waals surface area contributed by atoms with Gasteiger partial charge in [-0.25, -0.2) is 13.5 Å². The molecule has 8 heteroatoms. The van der Waals surface area contributed by atoms with Gasteiger partial charge in [-0.15, -0.1) is 5.10 Å². The van der Waals surface area contributed by atoms with Crippen molar-refractivity contribution in [1.29, 1.82) is 0 Å². The van der Waals surface area contributed by atoms with E-state index in [1.165, 1.54) is 12.8 Å². The van der Waals surface area contributed by atoms with Crippen molar-refractivity contribution < 1.29 is 8.78 Å². The summed E-state index contributed by atoms with van der Waals surface area (Å²) in [5, 5.41) is 14.7. The van der Waals surface area contributed by atoms with Crippen LogP contribution in [0.3, 0.4) is 0 Å². The van der Waals surface area contributed by atoms with Gasteiger partial charge in [0.25, 0.3) is 0 Å². The zero-order valence-corrected chi connectivity index (χ0v) is 9.46. The SMILES string of the molecule is FC(F)CSc1nnnn1CCNC1CC1. The van der Waals surface area contributed by atoms with E-state index in [9.17, 15) is 8.78 Å². The molecule has 1 aromatic heterocycles. The van der Waals surface area contributed by atoms with Crippen molar-refractivity contribution in [1.82, 2.24) is 25.5 Å². The molecule has 1 aliphatic rings. The molecule has 0 radical (unpaired) electrons. The first kappa shape index (κ1) is 11.7. The van der Waals surface area contributed by atoms with E-state index in [2.05, 4.69) is 20.8 Å². The molecule has 0 bridgehead atoms. The van der Waals surface area contributed by atoms with Crippen molar-refractivity contribution in [3.05, 3.63) is 0 Å². The first-order valence-electron chi connectivity index (χ1n) is 5.16. The number of thioether (sulfide) groups is 1. The van der Waals surface area contributed by atoms with E-state index in [0.717, 1.165) is 18.3 Å². The van der Waals surface area contributed by atoms with Gasteiger partial charge in [-0.3, -0.25) is 0 Å². The molecular formula is C8H13F2N5S. The molecule has 0 unspecified atom stereocenters. The van der Waals surface area contributed by atoms with Crippen LogP contribution in [0.25, 0.3) is 0 Å². The number of tetrazole rings is 1. The summed E-state index contributed by atoms with van der Waals surface area (Å²) in [6.45, 7) is 1.40. The number of halogens is 2. The lowest BCUT2D eigenvalue weighted by atomic mass is 10.6. The molecule has 16 heavy (non-hydrogen) atoms. The van der Waals surface area contributed by atoms with Gasteiger partial charge in [-0.05, 0) is 23.3 Å². The Labute approximate surface area is 96.0 Å². The first-order chi connectivity index (χ1) is 7.75. The second-order valence-electron chi connectivity index (χ2n) is 3.62. The standard InChI is InChI=1S/C8H13F2N5S/c9-7(10)5-16-8-12-13-14-15(8)4-3-11-6-1-2-6/h6-7,11H,1-5H2. The van der Waals surface area contributed by atoms with Crippen LogP contribution < -0.4 is 5.32 Å². The lowest BCUT2D eigenvalue weighted by Crippen LogP contribution is -2.22. The van der Waals surface area contributed by atoms with Gasteiger partial charge in [-0.2, -0.15) is 0 Å². The fourth-order valence-corrected chi connectivity index (χ4v) is 1.89. The quantitative estimate of drug-likeness (QED) is 0.724. The maximum atomic E-state index is 12.0. The van der Waals surface area contributed by atoms with Crippen LogP contribution in [0.2, 0.25) is 0 Å².